The van der Waals surface area contributed by atoms with Crippen LogP contribution < -0.4 is 0 Å². The van der Waals surface area contributed by atoms with Gasteiger partial charge in [-0.1, -0.05) is 54.6 Å². The smallest absolute Gasteiger partial charge is 0.329 e. The lowest BCUT2D eigenvalue weighted by molar-refractivity contribution is -0.140. The van der Waals surface area contributed by atoms with E-state index < -0.39 is 24.1 Å². The number of aryl methyl sites for hydroxylation is 1. The number of aliphatic carboxylic acids is 1. The molecule has 0 aliphatic carbocycles. The van der Waals surface area contributed by atoms with Crippen LogP contribution in [0.4, 0.5) is 0 Å². The largest absolute Gasteiger partial charge is 0.480 e. The van der Waals surface area contributed by atoms with Crippen LogP contribution >= 0.6 is 0 Å². The summed E-state index contributed by atoms with van der Waals surface area (Å²) in [4.78, 5) is 33.1. The van der Waals surface area contributed by atoms with E-state index in [0.717, 1.165) is 5.56 Å². The number of carbonyl (C=O) groups excluding carboxylic acids is 2. The zero-order valence-corrected chi connectivity index (χ0v) is 12.0. The van der Waals surface area contributed by atoms with Crippen molar-refractivity contribution in [3.05, 3.63) is 71.3 Å². The Morgan fingerprint density at radius 3 is 1.86 bits per heavy atom. The molecular formula is C17H16O5. The summed E-state index contributed by atoms with van der Waals surface area (Å²) >= 11 is 0. The fourth-order valence-electron chi connectivity index (χ4n) is 1.67. The highest BCUT2D eigenvalue weighted by Crippen LogP contribution is 2.11. The number of aliphatic hydroxyl groups excluding tert-OH is 1. The van der Waals surface area contributed by atoms with Crippen LogP contribution in [0.5, 0.6) is 0 Å². The van der Waals surface area contributed by atoms with E-state index in [9.17, 15) is 9.59 Å². The van der Waals surface area contributed by atoms with E-state index in [4.69, 9.17) is 15.0 Å². The maximum atomic E-state index is 12.0. The average Bonchev–Trinajstić information content (AvgIpc) is 2.55. The third-order valence-electron chi connectivity index (χ3n) is 2.77. The summed E-state index contributed by atoms with van der Waals surface area (Å²) in [6, 6.07) is 15.7. The summed E-state index contributed by atoms with van der Waals surface area (Å²) in [5.41, 5.74) is 1.73. The Balaban J connectivity index is 0.000000422. The SMILES string of the molecule is Cc1ccccc1C(=O)C(=O)c1ccccc1.O=C(O)CO. The van der Waals surface area contributed by atoms with E-state index in [1.54, 1.807) is 36.4 Å². The van der Waals surface area contributed by atoms with Crippen LogP contribution in [0.1, 0.15) is 26.3 Å². The minimum Gasteiger partial charge on any atom is -0.480 e. The third kappa shape index (κ3) is 4.96. The number of hydrogen-bond acceptors (Lipinski definition) is 4. The van der Waals surface area contributed by atoms with Gasteiger partial charge in [-0.15, -0.1) is 0 Å². The summed E-state index contributed by atoms with van der Waals surface area (Å²) in [5.74, 6) is -2.10. The van der Waals surface area contributed by atoms with Crippen LogP contribution in [-0.2, 0) is 4.79 Å². The molecule has 0 spiro atoms. The van der Waals surface area contributed by atoms with E-state index in [0.29, 0.717) is 11.1 Å². The standard InChI is InChI=1S/C15H12O2.C2H4O3/c1-11-7-5-6-10-13(11)15(17)14(16)12-8-3-2-4-9-12;3-1-2(4)5/h2-10H,1H3;3H,1H2,(H,4,5). The first-order chi connectivity index (χ1) is 10.5. The topological polar surface area (TPSA) is 91.7 Å². The molecule has 0 atom stereocenters. The van der Waals surface area contributed by atoms with Gasteiger partial charge >= 0.3 is 5.97 Å². The van der Waals surface area contributed by atoms with Gasteiger partial charge in [0.2, 0.25) is 11.6 Å². The highest BCUT2D eigenvalue weighted by molar-refractivity contribution is 6.49. The van der Waals surface area contributed by atoms with Crippen molar-refractivity contribution in [2.75, 3.05) is 6.61 Å². The predicted octanol–water partition coefficient (Wildman–Crippen LogP) is 2.12. The Hall–Kier alpha value is -2.79. The Morgan fingerprint density at radius 1 is 0.864 bits per heavy atom. The maximum absolute atomic E-state index is 12.0. The van der Waals surface area contributed by atoms with Gasteiger partial charge < -0.3 is 10.2 Å². The molecule has 22 heavy (non-hydrogen) atoms. The molecule has 0 radical (unpaired) electrons. The quantitative estimate of drug-likeness (QED) is 0.666. The number of carboxylic acid groups (broad SMARTS) is 1. The Bertz CT molecular complexity index is 662. The van der Waals surface area contributed by atoms with Gasteiger partial charge in [-0.3, -0.25) is 9.59 Å². The molecule has 0 aliphatic rings. The normalized spacial score (nSPS) is 9.36. The van der Waals surface area contributed by atoms with Gasteiger partial charge in [0.15, 0.2) is 0 Å². The number of hydrogen-bond donors (Lipinski definition) is 2. The molecule has 0 saturated carbocycles. The molecule has 0 saturated heterocycles. The fraction of sp³-hybridized carbons (Fsp3) is 0.118. The van der Waals surface area contributed by atoms with Gasteiger partial charge in [-0.05, 0) is 12.5 Å². The summed E-state index contributed by atoms with van der Waals surface area (Å²) in [5, 5.41) is 15.0. The maximum Gasteiger partial charge on any atom is 0.329 e. The van der Waals surface area contributed by atoms with E-state index >= 15 is 0 Å². The van der Waals surface area contributed by atoms with Crippen molar-refractivity contribution in [2.24, 2.45) is 0 Å². The summed E-state index contributed by atoms with van der Waals surface area (Å²) in [6.45, 7) is 1.05. The van der Waals surface area contributed by atoms with Gasteiger partial charge in [0.25, 0.3) is 0 Å². The second kappa shape index (κ2) is 8.49. The van der Waals surface area contributed by atoms with Crippen molar-refractivity contribution >= 4 is 17.5 Å². The summed E-state index contributed by atoms with van der Waals surface area (Å²) in [7, 11) is 0. The second-order valence-corrected chi connectivity index (χ2v) is 4.39. The van der Waals surface area contributed by atoms with Crippen LogP contribution in [0, 0.1) is 6.92 Å². The highest BCUT2D eigenvalue weighted by atomic mass is 16.4. The van der Waals surface area contributed by atoms with Gasteiger partial charge in [0.05, 0.1) is 0 Å². The number of Topliss-reactive ketones (excluding diaryl/α,β-unsaturated/α-hetero) is 2. The van der Waals surface area contributed by atoms with Crippen LogP contribution in [0.15, 0.2) is 54.6 Å². The van der Waals surface area contributed by atoms with E-state index in [-0.39, 0.29) is 0 Å². The van der Waals surface area contributed by atoms with Gasteiger partial charge in [-0.2, -0.15) is 0 Å². The van der Waals surface area contributed by atoms with E-state index in [1.807, 2.05) is 25.1 Å². The van der Waals surface area contributed by atoms with Crippen molar-refractivity contribution in [1.29, 1.82) is 0 Å². The number of rotatable bonds is 4. The molecule has 114 valence electrons. The molecule has 5 heteroatoms. The van der Waals surface area contributed by atoms with Gasteiger partial charge in [-0.25, -0.2) is 4.79 Å². The lowest BCUT2D eigenvalue weighted by atomic mass is 9.98. The van der Waals surface area contributed by atoms with E-state index in [1.165, 1.54) is 0 Å². The molecule has 2 aromatic rings. The summed E-state index contributed by atoms with van der Waals surface area (Å²) in [6.07, 6.45) is 0. The number of ketones is 2. The second-order valence-electron chi connectivity index (χ2n) is 4.39. The first-order valence-electron chi connectivity index (χ1n) is 6.49. The van der Waals surface area contributed by atoms with E-state index in [2.05, 4.69) is 0 Å². The molecule has 0 bridgehead atoms. The van der Waals surface area contributed by atoms with Crippen LogP contribution in [-0.4, -0.2) is 34.4 Å². The first kappa shape index (κ1) is 17.3. The van der Waals surface area contributed by atoms with Crippen LogP contribution in [0.25, 0.3) is 0 Å². The van der Waals surface area contributed by atoms with Crippen molar-refractivity contribution < 1.29 is 24.6 Å². The van der Waals surface area contributed by atoms with Crippen molar-refractivity contribution in [1.82, 2.24) is 0 Å². The Morgan fingerprint density at radius 2 is 1.36 bits per heavy atom. The molecular weight excluding hydrogens is 284 g/mol. The van der Waals surface area contributed by atoms with Crippen LogP contribution in [0.3, 0.4) is 0 Å². The Labute approximate surface area is 127 Å². The molecule has 0 aliphatic heterocycles. The molecule has 2 rings (SSSR count). The molecule has 0 unspecified atom stereocenters. The molecule has 5 nitrogen and oxygen atoms in total. The molecule has 0 heterocycles. The minimum atomic E-state index is -1.19. The Kier molecular flexibility index (Phi) is 6.66. The van der Waals surface area contributed by atoms with Gasteiger partial charge in [0.1, 0.15) is 6.61 Å². The zero-order chi connectivity index (χ0) is 16.5. The zero-order valence-electron chi connectivity index (χ0n) is 12.0. The lowest BCUT2D eigenvalue weighted by Gasteiger charge is -2.03. The number of aliphatic hydroxyl groups is 1. The van der Waals surface area contributed by atoms with Crippen molar-refractivity contribution in [3.63, 3.8) is 0 Å². The average molecular weight is 300 g/mol. The lowest BCUT2D eigenvalue weighted by Crippen LogP contribution is -2.15. The highest BCUT2D eigenvalue weighted by Gasteiger charge is 2.18. The third-order valence-corrected chi connectivity index (χ3v) is 2.77. The molecule has 2 aromatic carbocycles. The monoisotopic (exact) mass is 300 g/mol. The summed E-state index contributed by atoms with van der Waals surface area (Å²) < 4.78 is 0. The number of carboxylic acids is 1. The molecule has 0 aromatic heterocycles. The predicted molar refractivity (Wildman–Crippen MR) is 81.0 cm³/mol. The van der Waals surface area contributed by atoms with Crippen molar-refractivity contribution in [3.8, 4) is 0 Å². The van der Waals surface area contributed by atoms with Crippen molar-refractivity contribution in [2.45, 2.75) is 6.92 Å². The minimum absolute atomic E-state index is 0.431. The molecule has 0 amide bonds. The van der Waals surface area contributed by atoms with Crippen LogP contribution in [0.2, 0.25) is 0 Å². The number of benzene rings is 2. The molecule has 0 fully saturated rings. The first-order valence-corrected chi connectivity index (χ1v) is 6.49. The fourth-order valence-corrected chi connectivity index (χ4v) is 1.67. The number of carbonyl (C=O) groups is 3. The van der Waals surface area contributed by atoms with Gasteiger partial charge in [0, 0.05) is 11.1 Å². The molecule has 2 N–H and O–H groups in total.